The maximum absolute atomic E-state index is 13.9. The third-order valence-electron chi connectivity index (χ3n) is 4.94. The van der Waals surface area contributed by atoms with E-state index in [0.29, 0.717) is 17.9 Å². The number of hydrogen-bond acceptors (Lipinski definition) is 4. The minimum atomic E-state index is -0.285. The van der Waals surface area contributed by atoms with Crippen LogP contribution in [0.3, 0.4) is 0 Å². The third kappa shape index (κ3) is 3.72. The SMILES string of the molecule is Cc1ccc2nc(-c3ccc(NCc4ccc(-c5ccccc5F)o4)cc3)sc2c1. The number of aromatic nitrogens is 1. The lowest BCUT2D eigenvalue weighted by molar-refractivity contribution is 0.525. The Morgan fingerprint density at radius 3 is 2.63 bits per heavy atom. The van der Waals surface area contributed by atoms with Crippen LogP contribution in [0.25, 0.3) is 32.1 Å². The van der Waals surface area contributed by atoms with Crippen molar-refractivity contribution < 1.29 is 8.81 Å². The largest absolute Gasteiger partial charge is 0.459 e. The first kappa shape index (κ1) is 18.6. The highest BCUT2D eigenvalue weighted by Crippen LogP contribution is 2.31. The summed E-state index contributed by atoms with van der Waals surface area (Å²) in [5.74, 6) is 0.997. The molecule has 0 aliphatic rings. The van der Waals surface area contributed by atoms with E-state index >= 15 is 0 Å². The fraction of sp³-hybridized carbons (Fsp3) is 0.0800. The number of benzene rings is 3. The number of aryl methyl sites for hydroxylation is 1. The number of hydrogen-bond donors (Lipinski definition) is 1. The van der Waals surface area contributed by atoms with Crippen molar-refractivity contribution in [1.29, 1.82) is 0 Å². The number of fused-ring (bicyclic) bond motifs is 1. The highest BCUT2D eigenvalue weighted by atomic mass is 32.1. The Hall–Kier alpha value is -3.44. The molecule has 3 aromatic carbocycles. The summed E-state index contributed by atoms with van der Waals surface area (Å²) < 4.78 is 20.9. The molecule has 0 aliphatic carbocycles. The van der Waals surface area contributed by atoms with Crippen LogP contribution in [0.4, 0.5) is 10.1 Å². The van der Waals surface area contributed by atoms with E-state index in [9.17, 15) is 4.39 Å². The summed E-state index contributed by atoms with van der Waals surface area (Å²) in [7, 11) is 0. The molecular weight excluding hydrogens is 395 g/mol. The smallest absolute Gasteiger partial charge is 0.137 e. The lowest BCUT2D eigenvalue weighted by atomic mass is 10.1. The van der Waals surface area contributed by atoms with Gasteiger partial charge in [-0.15, -0.1) is 11.3 Å². The van der Waals surface area contributed by atoms with E-state index in [1.54, 1.807) is 35.6 Å². The molecule has 0 atom stereocenters. The molecule has 2 heterocycles. The zero-order valence-corrected chi connectivity index (χ0v) is 17.2. The number of nitrogens with zero attached hydrogens (tertiary/aromatic N) is 1. The molecule has 5 rings (SSSR count). The average Bonchev–Trinajstić information content (AvgIpc) is 3.40. The fourth-order valence-electron chi connectivity index (χ4n) is 3.35. The van der Waals surface area contributed by atoms with E-state index in [1.807, 2.05) is 18.2 Å². The van der Waals surface area contributed by atoms with E-state index in [-0.39, 0.29) is 5.82 Å². The predicted molar refractivity (Wildman–Crippen MR) is 121 cm³/mol. The van der Waals surface area contributed by atoms with Crippen molar-refractivity contribution >= 4 is 27.2 Å². The van der Waals surface area contributed by atoms with E-state index in [1.165, 1.54) is 16.3 Å². The molecule has 3 nitrogen and oxygen atoms in total. The van der Waals surface area contributed by atoms with Crippen molar-refractivity contribution in [3.05, 3.63) is 96.0 Å². The van der Waals surface area contributed by atoms with Gasteiger partial charge in [0.15, 0.2) is 0 Å². The molecule has 5 heteroatoms. The summed E-state index contributed by atoms with van der Waals surface area (Å²) in [5.41, 5.74) is 4.83. The van der Waals surface area contributed by atoms with Crippen LogP contribution in [0, 0.1) is 12.7 Å². The molecule has 148 valence electrons. The summed E-state index contributed by atoms with van der Waals surface area (Å²) in [6, 6.07) is 24.8. The number of rotatable bonds is 5. The number of nitrogens with one attached hydrogen (secondary N) is 1. The molecule has 0 bridgehead atoms. The van der Waals surface area contributed by atoms with E-state index < -0.39 is 0 Å². The number of halogens is 1. The van der Waals surface area contributed by atoms with E-state index in [4.69, 9.17) is 9.40 Å². The molecule has 30 heavy (non-hydrogen) atoms. The lowest BCUT2D eigenvalue weighted by Gasteiger charge is -2.05. The molecule has 0 spiro atoms. The highest BCUT2D eigenvalue weighted by Gasteiger charge is 2.10. The highest BCUT2D eigenvalue weighted by molar-refractivity contribution is 7.21. The summed E-state index contributed by atoms with van der Waals surface area (Å²) in [5, 5.41) is 4.36. The second-order valence-corrected chi connectivity index (χ2v) is 8.20. The molecule has 0 aliphatic heterocycles. The van der Waals surface area contributed by atoms with Gasteiger partial charge in [0.1, 0.15) is 22.3 Å². The molecular formula is C25H19FN2OS. The van der Waals surface area contributed by atoms with E-state index in [0.717, 1.165) is 27.5 Å². The second-order valence-electron chi connectivity index (χ2n) is 7.17. The van der Waals surface area contributed by atoms with Gasteiger partial charge in [-0.2, -0.15) is 0 Å². The lowest BCUT2D eigenvalue weighted by Crippen LogP contribution is -1.97. The van der Waals surface area contributed by atoms with Crippen LogP contribution in [0.2, 0.25) is 0 Å². The van der Waals surface area contributed by atoms with Crippen molar-refractivity contribution in [2.45, 2.75) is 13.5 Å². The quantitative estimate of drug-likeness (QED) is 0.328. The van der Waals surface area contributed by atoms with Gasteiger partial charge in [0.05, 0.1) is 22.3 Å². The third-order valence-corrected chi connectivity index (χ3v) is 6.01. The van der Waals surface area contributed by atoms with Gasteiger partial charge >= 0.3 is 0 Å². The predicted octanol–water partition coefficient (Wildman–Crippen LogP) is 7.28. The van der Waals surface area contributed by atoms with Crippen molar-refractivity contribution in [3.63, 3.8) is 0 Å². The molecule has 0 amide bonds. The normalized spacial score (nSPS) is 11.1. The van der Waals surface area contributed by atoms with E-state index in [2.05, 4.69) is 42.6 Å². The van der Waals surface area contributed by atoms with Crippen LogP contribution in [0.15, 0.2) is 83.3 Å². The first-order valence-corrected chi connectivity index (χ1v) is 10.5. The maximum Gasteiger partial charge on any atom is 0.137 e. The Balaban J connectivity index is 1.28. The van der Waals surface area contributed by atoms with Crippen LogP contribution in [-0.2, 0) is 6.54 Å². The monoisotopic (exact) mass is 414 g/mol. The Morgan fingerprint density at radius 1 is 0.967 bits per heavy atom. The molecule has 0 radical (unpaired) electrons. The Kier molecular flexibility index (Phi) is 4.81. The van der Waals surface area contributed by atoms with Gasteiger partial charge in [-0.25, -0.2) is 9.37 Å². The average molecular weight is 415 g/mol. The first-order valence-electron chi connectivity index (χ1n) is 9.71. The van der Waals surface area contributed by atoms with Crippen LogP contribution in [0.1, 0.15) is 11.3 Å². The molecule has 0 saturated heterocycles. The van der Waals surface area contributed by atoms with Gasteiger partial charge in [0.2, 0.25) is 0 Å². The number of thiazole rings is 1. The minimum Gasteiger partial charge on any atom is -0.459 e. The molecule has 2 aromatic heterocycles. The van der Waals surface area contributed by atoms with Gasteiger partial charge in [-0.1, -0.05) is 18.2 Å². The van der Waals surface area contributed by atoms with Crippen molar-refractivity contribution in [3.8, 4) is 21.9 Å². The summed E-state index contributed by atoms with van der Waals surface area (Å²) in [6.07, 6.45) is 0. The molecule has 0 saturated carbocycles. The molecule has 1 N–H and O–H groups in total. The Labute approximate surface area is 177 Å². The van der Waals surface area contributed by atoms with Gasteiger partial charge < -0.3 is 9.73 Å². The van der Waals surface area contributed by atoms with Crippen molar-refractivity contribution in [1.82, 2.24) is 4.98 Å². The van der Waals surface area contributed by atoms with Crippen molar-refractivity contribution in [2.24, 2.45) is 0 Å². The van der Waals surface area contributed by atoms with Crippen molar-refractivity contribution in [2.75, 3.05) is 5.32 Å². The summed E-state index contributed by atoms with van der Waals surface area (Å²) >= 11 is 1.71. The fourth-order valence-corrected chi connectivity index (χ4v) is 4.42. The first-order chi connectivity index (χ1) is 14.7. The molecule has 0 unspecified atom stereocenters. The maximum atomic E-state index is 13.9. The minimum absolute atomic E-state index is 0.285. The van der Waals surface area contributed by atoms with Crippen LogP contribution in [-0.4, -0.2) is 4.98 Å². The Morgan fingerprint density at radius 2 is 1.80 bits per heavy atom. The summed E-state index contributed by atoms with van der Waals surface area (Å²) in [4.78, 5) is 4.74. The van der Waals surface area contributed by atoms with Crippen LogP contribution in [0.5, 0.6) is 0 Å². The standard InChI is InChI=1S/C25H19FN2OS/c1-16-6-12-22-24(14-16)30-25(28-22)17-7-9-18(10-8-17)27-15-19-11-13-23(29-19)20-4-2-3-5-21(20)26/h2-14,27H,15H2,1H3. The molecule has 0 fully saturated rings. The summed E-state index contributed by atoms with van der Waals surface area (Å²) in [6.45, 7) is 2.62. The van der Waals surface area contributed by atoms with Gasteiger partial charge in [-0.3, -0.25) is 0 Å². The van der Waals surface area contributed by atoms with Gasteiger partial charge in [0, 0.05) is 11.3 Å². The van der Waals surface area contributed by atoms with Crippen LogP contribution < -0.4 is 5.32 Å². The zero-order chi connectivity index (χ0) is 20.5. The van der Waals surface area contributed by atoms with Gasteiger partial charge in [0.25, 0.3) is 0 Å². The van der Waals surface area contributed by atoms with Gasteiger partial charge in [-0.05, 0) is 73.2 Å². The Bertz CT molecular complexity index is 1320. The molecule has 5 aromatic rings. The zero-order valence-electron chi connectivity index (χ0n) is 16.4. The topological polar surface area (TPSA) is 38.1 Å². The number of anilines is 1. The van der Waals surface area contributed by atoms with Crippen LogP contribution >= 0.6 is 11.3 Å². The second kappa shape index (κ2) is 7.76. The number of furan rings is 1.